The van der Waals surface area contributed by atoms with Crippen LogP contribution in [0.2, 0.25) is 0 Å². The van der Waals surface area contributed by atoms with E-state index in [9.17, 15) is 14.7 Å². The number of amides is 3. The van der Waals surface area contributed by atoms with Crippen molar-refractivity contribution in [2.24, 2.45) is 0 Å². The van der Waals surface area contributed by atoms with Crippen LogP contribution in [0.1, 0.15) is 22.3 Å². The molecule has 0 aliphatic carbocycles. The second-order valence-electron chi connectivity index (χ2n) is 12.7. The van der Waals surface area contributed by atoms with Gasteiger partial charge in [0.15, 0.2) is 0 Å². The first-order valence-corrected chi connectivity index (χ1v) is 16.2. The van der Waals surface area contributed by atoms with E-state index < -0.39 is 6.17 Å². The number of likely N-dealkylation sites (N-methyl/N-ethyl adjacent to an activating group) is 1. The lowest BCUT2D eigenvalue weighted by molar-refractivity contribution is -0.180. The molecule has 2 saturated heterocycles. The minimum absolute atomic E-state index is 0.0106. The average Bonchev–Trinajstić information content (AvgIpc) is 3.47. The van der Waals surface area contributed by atoms with Gasteiger partial charge in [0.2, 0.25) is 5.91 Å². The number of fused-ring (bicyclic) bond motifs is 2. The van der Waals surface area contributed by atoms with E-state index >= 15 is 0 Å². The fraction of sp³-hybridized carbons (Fsp3) is 0.270. The number of hydrogen-bond acceptors (Lipinski definition) is 7. The largest absolute Gasteiger partial charge is 0.508 e. The van der Waals surface area contributed by atoms with E-state index in [2.05, 4.69) is 33.5 Å². The summed E-state index contributed by atoms with van der Waals surface area (Å²) in [6.45, 7) is 2.80. The predicted octanol–water partition coefficient (Wildman–Crippen LogP) is 4.03. The Labute approximate surface area is 279 Å². The highest BCUT2D eigenvalue weighted by Crippen LogP contribution is 2.29. The molecule has 0 spiro atoms. The molecule has 5 aromatic rings. The molecule has 0 radical (unpaired) electrons. The molecule has 7 rings (SSSR count). The standard InChI is InChI=1S/C37H40N8O3/c1-41-25-36(47)44-31(17-26-12-15-32(46)16-13-26)23-42(24-35(44)45(41)37(48)39-19-27-7-3-2-4-8-27)21-28-11-14-29-20-40-43(34(29)18-28)22-30-9-5-6-10-33(30)38/h2-16,18,20,31,35,46H,17,19,21-25,38H2,1H3,(H,39,48)/t31-,35-/m0/s1. The molecule has 11 nitrogen and oxygen atoms in total. The Morgan fingerprint density at radius 3 is 2.46 bits per heavy atom. The lowest BCUT2D eigenvalue weighted by Crippen LogP contribution is -2.74. The van der Waals surface area contributed by atoms with Gasteiger partial charge >= 0.3 is 6.03 Å². The molecule has 3 heterocycles. The summed E-state index contributed by atoms with van der Waals surface area (Å²) in [4.78, 5) is 31.7. The van der Waals surface area contributed by atoms with Gasteiger partial charge < -0.3 is 21.1 Å². The fourth-order valence-electron chi connectivity index (χ4n) is 6.95. The molecule has 0 unspecified atom stereocenters. The first kappa shape index (κ1) is 31.2. The van der Waals surface area contributed by atoms with Crippen molar-refractivity contribution >= 4 is 28.5 Å². The number of piperazine rings is 1. The quantitative estimate of drug-likeness (QED) is 0.218. The number of nitrogen functional groups attached to an aromatic ring is 1. The maximum atomic E-state index is 13.8. The van der Waals surface area contributed by atoms with Crippen LogP contribution >= 0.6 is 0 Å². The molecule has 246 valence electrons. The number of rotatable bonds is 8. The van der Waals surface area contributed by atoms with E-state index in [1.54, 1.807) is 29.2 Å². The van der Waals surface area contributed by atoms with Crippen LogP contribution < -0.4 is 11.1 Å². The minimum Gasteiger partial charge on any atom is -0.508 e. The van der Waals surface area contributed by atoms with Gasteiger partial charge in [-0.3, -0.25) is 14.4 Å². The van der Waals surface area contributed by atoms with Gasteiger partial charge in [-0.1, -0.05) is 72.8 Å². The molecule has 2 aliphatic rings. The van der Waals surface area contributed by atoms with Gasteiger partial charge in [0.1, 0.15) is 11.9 Å². The topological polar surface area (TPSA) is 123 Å². The monoisotopic (exact) mass is 644 g/mol. The van der Waals surface area contributed by atoms with Crippen LogP contribution in [0.25, 0.3) is 10.9 Å². The molecule has 2 aliphatic heterocycles. The van der Waals surface area contributed by atoms with Crippen LogP contribution in [-0.2, 0) is 30.8 Å². The van der Waals surface area contributed by atoms with Crippen LogP contribution in [0.3, 0.4) is 0 Å². The lowest BCUT2D eigenvalue weighted by atomic mass is 9.99. The van der Waals surface area contributed by atoms with Gasteiger partial charge in [0, 0.05) is 44.3 Å². The zero-order valence-corrected chi connectivity index (χ0v) is 26.9. The number of anilines is 1. The zero-order valence-electron chi connectivity index (χ0n) is 26.9. The number of phenolic OH excluding ortho intramolecular Hbond substituents is 1. The molecule has 2 fully saturated rings. The Morgan fingerprint density at radius 1 is 0.917 bits per heavy atom. The second-order valence-corrected chi connectivity index (χ2v) is 12.7. The number of aromatic nitrogens is 2. The van der Waals surface area contributed by atoms with Crippen molar-refractivity contribution < 1.29 is 14.7 Å². The van der Waals surface area contributed by atoms with Crippen molar-refractivity contribution in [3.8, 4) is 5.75 Å². The molecule has 11 heteroatoms. The smallest absolute Gasteiger partial charge is 0.334 e. The number of aromatic hydroxyl groups is 1. The van der Waals surface area contributed by atoms with E-state index in [1.807, 2.05) is 82.5 Å². The number of carbonyl (C=O) groups is 2. The number of benzene rings is 4. The van der Waals surface area contributed by atoms with Crippen LogP contribution in [0.4, 0.5) is 10.5 Å². The lowest BCUT2D eigenvalue weighted by Gasteiger charge is -2.55. The van der Waals surface area contributed by atoms with Gasteiger partial charge in [0.25, 0.3) is 0 Å². The van der Waals surface area contributed by atoms with Crippen LogP contribution in [0.15, 0.2) is 103 Å². The molecule has 0 bridgehead atoms. The summed E-state index contributed by atoms with van der Waals surface area (Å²) >= 11 is 0. The normalized spacial score (nSPS) is 18.6. The summed E-state index contributed by atoms with van der Waals surface area (Å²) in [6.07, 6.45) is 1.96. The first-order valence-electron chi connectivity index (χ1n) is 16.2. The Hall–Kier alpha value is -5.39. The third-order valence-electron chi connectivity index (χ3n) is 9.30. The van der Waals surface area contributed by atoms with Gasteiger partial charge in [0.05, 0.1) is 30.8 Å². The summed E-state index contributed by atoms with van der Waals surface area (Å²) in [5, 5.41) is 22.1. The fourth-order valence-corrected chi connectivity index (χ4v) is 6.95. The van der Waals surface area contributed by atoms with E-state index in [1.165, 1.54) is 0 Å². The van der Waals surface area contributed by atoms with Gasteiger partial charge in [-0.15, -0.1) is 0 Å². The van der Waals surface area contributed by atoms with Gasteiger partial charge in [-0.05, 0) is 52.9 Å². The van der Waals surface area contributed by atoms with E-state index in [0.717, 1.165) is 38.8 Å². The van der Waals surface area contributed by atoms with Gasteiger partial charge in [-0.25, -0.2) is 14.8 Å². The van der Waals surface area contributed by atoms with E-state index in [4.69, 9.17) is 5.73 Å². The highest BCUT2D eigenvalue weighted by Gasteiger charge is 2.47. The van der Waals surface area contributed by atoms with Crippen molar-refractivity contribution in [1.82, 2.24) is 34.9 Å². The molecule has 2 atom stereocenters. The molecule has 3 amide bonds. The minimum atomic E-state index is -0.502. The highest BCUT2D eigenvalue weighted by atomic mass is 16.3. The van der Waals surface area contributed by atoms with E-state index in [-0.39, 0.29) is 30.3 Å². The molecule has 0 saturated carbocycles. The Bertz CT molecular complexity index is 1910. The number of hydrogen-bond donors (Lipinski definition) is 3. The van der Waals surface area contributed by atoms with Crippen LogP contribution in [0.5, 0.6) is 5.75 Å². The van der Waals surface area contributed by atoms with E-state index in [0.29, 0.717) is 39.1 Å². The summed E-state index contributed by atoms with van der Waals surface area (Å²) in [5.74, 6) is 0.187. The number of nitrogens with zero attached hydrogens (tertiary/aromatic N) is 6. The Morgan fingerprint density at radius 2 is 1.67 bits per heavy atom. The molecule has 4 N–H and O–H groups in total. The van der Waals surface area contributed by atoms with Crippen molar-refractivity contribution in [3.63, 3.8) is 0 Å². The molecule has 4 aromatic carbocycles. The highest BCUT2D eigenvalue weighted by molar-refractivity contribution is 5.83. The van der Waals surface area contributed by atoms with Crippen LogP contribution in [0, 0.1) is 0 Å². The molecular formula is C37H40N8O3. The first-order chi connectivity index (χ1) is 23.3. The summed E-state index contributed by atoms with van der Waals surface area (Å²) < 4.78 is 1.98. The number of phenols is 1. The van der Waals surface area contributed by atoms with Gasteiger partial charge in [-0.2, -0.15) is 5.10 Å². The molecule has 48 heavy (non-hydrogen) atoms. The SMILES string of the molecule is CN1CC(=O)N2[C@@H](Cc3ccc(O)cc3)CN(Cc3ccc4cnn(Cc5ccccc5N)c4c3)C[C@@H]2N1C(=O)NCc1ccccc1. The number of carbonyl (C=O) groups excluding carboxylic acids is 2. The predicted molar refractivity (Wildman–Crippen MR) is 184 cm³/mol. The van der Waals surface area contributed by atoms with Crippen LogP contribution in [-0.4, -0.2) is 85.5 Å². The zero-order chi connectivity index (χ0) is 33.2. The number of nitrogens with two attached hydrogens (primary N) is 1. The summed E-state index contributed by atoms with van der Waals surface area (Å²) in [5.41, 5.74) is 12.1. The Balaban J connectivity index is 1.17. The second kappa shape index (κ2) is 13.4. The summed E-state index contributed by atoms with van der Waals surface area (Å²) in [7, 11) is 1.79. The van der Waals surface area contributed by atoms with Crippen molar-refractivity contribution in [2.45, 2.75) is 38.3 Å². The Kier molecular flexibility index (Phi) is 8.70. The summed E-state index contributed by atoms with van der Waals surface area (Å²) in [6, 6.07) is 30.7. The van der Waals surface area contributed by atoms with Crippen molar-refractivity contribution in [2.75, 3.05) is 32.4 Å². The number of urea groups is 1. The third-order valence-corrected chi connectivity index (χ3v) is 9.30. The maximum absolute atomic E-state index is 13.8. The molecule has 1 aromatic heterocycles. The third kappa shape index (κ3) is 6.55. The number of nitrogens with one attached hydrogen (secondary N) is 1. The number of hydrazine groups is 1. The molecular weight excluding hydrogens is 604 g/mol. The van der Waals surface area contributed by atoms with Crippen molar-refractivity contribution in [3.05, 3.63) is 126 Å². The average molecular weight is 645 g/mol. The maximum Gasteiger partial charge on any atom is 0.334 e. The number of para-hydroxylation sites is 1. The van der Waals surface area contributed by atoms with Crippen molar-refractivity contribution in [1.29, 1.82) is 0 Å².